The highest BCUT2D eigenvalue weighted by atomic mass is 15.1. The van der Waals surface area contributed by atoms with Gasteiger partial charge in [0.05, 0.1) is 0 Å². The molecule has 1 fully saturated rings. The van der Waals surface area contributed by atoms with E-state index in [4.69, 9.17) is 0 Å². The molecule has 0 radical (unpaired) electrons. The molecule has 1 aromatic rings. The van der Waals surface area contributed by atoms with E-state index >= 15 is 0 Å². The third-order valence-electron chi connectivity index (χ3n) is 5.26. The summed E-state index contributed by atoms with van der Waals surface area (Å²) >= 11 is 0. The van der Waals surface area contributed by atoms with Gasteiger partial charge >= 0.3 is 0 Å². The lowest BCUT2D eigenvalue weighted by atomic mass is 9.84. The minimum atomic E-state index is 0.659. The van der Waals surface area contributed by atoms with Crippen LogP contribution in [0.15, 0.2) is 18.2 Å². The number of nitrogens with zero attached hydrogens (tertiary/aromatic N) is 1. The molecule has 0 saturated heterocycles. The second-order valence-electron chi connectivity index (χ2n) is 6.70. The van der Waals surface area contributed by atoms with Gasteiger partial charge in [-0.25, -0.2) is 0 Å². The van der Waals surface area contributed by atoms with E-state index < -0.39 is 0 Å². The molecule has 0 spiro atoms. The highest BCUT2D eigenvalue weighted by molar-refractivity contribution is 5.58. The van der Waals surface area contributed by atoms with Crippen LogP contribution in [0.2, 0.25) is 0 Å². The van der Waals surface area contributed by atoms with Crippen LogP contribution in [0, 0.1) is 5.92 Å². The minimum Gasteiger partial charge on any atom is -0.374 e. The molecule has 2 aliphatic rings. The smallest absolute Gasteiger partial charge is 0.0397 e. The number of anilines is 1. The summed E-state index contributed by atoms with van der Waals surface area (Å²) in [5, 5.41) is 3.76. The first-order chi connectivity index (χ1) is 9.74. The molecule has 2 nitrogen and oxygen atoms in total. The lowest BCUT2D eigenvalue weighted by Gasteiger charge is -2.28. The van der Waals surface area contributed by atoms with Crippen LogP contribution >= 0.6 is 0 Å². The molecule has 1 N–H and O–H groups in total. The summed E-state index contributed by atoms with van der Waals surface area (Å²) in [4.78, 5) is 2.36. The molecule has 2 heteroatoms. The average Bonchev–Trinajstić information content (AvgIpc) is 2.87. The molecule has 0 bridgehead atoms. The normalized spacial score (nSPS) is 21.0. The number of likely N-dealkylation sites (N-methyl/N-ethyl adjacent to an activating group) is 1. The zero-order valence-electron chi connectivity index (χ0n) is 13.0. The van der Waals surface area contributed by atoms with Crippen molar-refractivity contribution in [1.29, 1.82) is 0 Å². The van der Waals surface area contributed by atoms with Gasteiger partial charge in [0.25, 0.3) is 0 Å². The van der Waals surface area contributed by atoms with Gasteiger partial charge in [-0.15, -0.1) is 0 Å². The molecule has 1 heterocycles. The first-order valence-electron chi connectivity index (χ1n) is 8.30. The molecule has 1 atom stereocenters. The van der Waals surface area contributed by atoms with Gasteiger partial charge < -0.3 is 10.2 Å². The highest BCUT2D eigenvalue weighted by Crippen LogP contribution is 2.28. The molecule has 0 amide bonds. The second kappa shape index (κ2) is 6.17. The quantitative estimate of drug-likeness (QED) is 0.898. The Kier molecular flexibility index (Phi) is 4.30. The molecule has 1 saturated carbocycles. The van der Waals surface area contributed by atoms with Gasteiger partial charge in [0, 0.05) is 31.9 Å². The highest BCUT2D eigenvalue weighted by Gasteiger charge is 2.20. The standard InChI is InChI=1S/C18H28N2/c1-14(16-6-4-3-5-7-16)19-13-15-8-9-18-17(12-15)10-11-20(18)2/h8-9,12,14,16,19H,3-7,10-11,13H2,1-2H3. The van der Waals surface area contributed by atoms with Crippen molar-refractivity contribution in [1.82, 2.24) is 5.32 Å². The van der Waals surface area contributed by atoms with E-state index in [0.717, 1.165) is 12.5 Å². The topological polar surface area (TPSA) is 15.3 Å². The van der Waals surface area contributed by atoms with Crippen LogP contribution < -0.4 is 10.2 Å². The first kappa shape index (κ1) is 13.9. The molecular weight excluding hydrogens is 244 g/mol. The van der Waals surface area contributed by atoms with E-state index in [9.17, 15) is 0 Å². The fourth-order valence-corrected chi connectivity index (χ4v) is 3.81. The van der Waals surface area contributed by atoms with Crippen molar-refractivity contribution in [2.24, 2.45) is 5.92 Å². The van der Waals surface area contributed by atoms with Crippen molar-refractivity contribution in [3.63, 3.8) is 0 Å². The summed E-state index contributed by atoms with van der Waals surface area (Å²) in [5.41, 5.74) is 4.40. The summed E-state index contributed by atoms with van der Waals surface area (Å²) in [5.74, 6) is 0.893. The SMILES string of the molecule is CC(NCc1ccc2c(c1)CCN2C)C1CCCCC1. The Morgan fingerprint density at radius 3 is 2.85 bits per heavy atom. The van der Waals surface area contributed by atoms with Crippen molar-refractivity contribution >= 4 is 5.69 Å². The van der Waals surface area contributed by atoms with Crippen LogP contribution in [-0.2, 0) is 13.0 Å². The van der Waals surface area contributed by atoms with Crippen molar-refractivity contribution in [3.05, 3.63) is 29.3 Å². The molecule has 3 rings (SSSR count). The lowest BCUT2D eigenvalue weighted by Crippen LogP contribution is -2.34. The van der Waals surface area contributed by atoms with E-state index in [0.29, 0.717) is 6.04 Å². The molecular formula is C18H28N2. The average molecular weight is 272 g/mol. The number of rotatable bonds is 4. The van der Waals surface area contributed by atoms with Gasteiger partial charge in [-0.05, 0) is 49.3 Å². The largest absolute Gasteiger partial charge is 0.374 e. The Labute approximate surface area is 123 Å². The lowest BCUT2D eigenvalue weighted by molar-refractivity contribution is 0.280. The van der Waals surface area contributed by atoms with Crippen LogP contribution in [0.4, 0.5) is 5.69 Å². The maximum atomic E-state index is 3.76. The monoisotopic (exact) mass is 272 g/mol. The molecule has 1 unspecified atom stereocenters. The maximum absolute atomic E-state index is 3.76. The summed E-state index contributed by atoms with van der Waals surface area (Å²) in [6, 6.07) is 7.65. The number of nitrogens with one attached hydrogen (secondary N) is 1. The van der Waals surface area contributed by atoms with Gasteiger partial charge in [-0.1, -0.05) is 31.4 Å². The fourth-order valence-electron chi connectivity index (χ4n) is 3.81. The Morgan fingerprint density at radius 2 is 2.05 bits per heavy atom. The van der Waals surface area contributed by atoms with E-state index in [2.05, 4.69) is 42.4 Å². The van der Waals surface area contributed by atoms with Gasteiger partial charge in [0.15, 0.2) is 0 Å². The third kappa shape index (κ3) is 3.01. The van der Waals surface area contributed by atoms with Crippen LogP contribution in [0.25, 0.3) is 0 Å². The van der Waals surface area contributed by atoms with E-state index in [1.54, 1.807) is 0 Å². The fraction of sp³-hybridized carbons (Fsp3) is 0.667. The Hall–Kier alpha value is -1.02. The number of hydrogen-bond acceptors (Lipinski definition) is 2. The first-order valence-corrected chi connectivity index (χ1v) is 8.30. The Balaban J connectivity index is 1.55. The van der Waals surface area contributed by atoms with Crippen molar-refractivity contribution in [2.75, 3.05) is 18.5 Å². The van der Waals surface area contributed by atoms with Gasteiger partial charge in [-0.2, -0.15) is 0 Å². The maximum Gasteiger partial charge on any atom is 0.0397 e. The van der Waals surface area contributed by atoms with Crippen LogP contribution in [-0.4, -0.2) is 19.6 Å². The molecule has 110 valence electrons. The van der Waals surface area contributed by atoms with E-state index in [1.165, 1.54) is 61.9 Å². The third-order valence-corrected chi connectivity index (χ3v) is 5.26. The zero-order valence-corrected chi connectivity index (χ0v) is 13.0. The Morgan fingerprint density at radius 1 is 1.25 bits per heavy atom. The van der Waals surface area contributed by atoms with Crippen molar-refractivity contribution in [3.8, 4) is 0 Å². The van der Waals surface area contributed by atoms with Crippen molar-refractivity contribution in [2.45, 2.75) is 58.0 Å². The van der Waals surface area contributed by atoms with Gasteiger partial charge in [0.2, 0.25) is 0 Å². The van der Waals surface area contributed by atoms with Crippen LogP contribution in [0.1, 0.15) is 50.2 Å². The van der Waals surface area contributed by atoms with Crippen molar-refractivity contribution < 1.29 is 0 Å². The van der Waals surface area contributed by atoms with Gasteiger partial charge in [0.1, 0.15) is 0 Å². The molecule has 0 aromatic heterocycles. The van der Waals surface area contributed by atoms with Crippen LogP contribution in [0.3, 0.4) is 0 Å². The molecule has 1 aliphatic heterocycles. The number of fused-ring (bicyclic) bond motifs is 1. The van der Waals surface area contributed by atoms with Gasteiger partial charge in [-0.3, -0.25) is 0 Å². The van der Waals surface area contributed by atoms with E-state index in [-0.39, 0.29) is 0 Å². The molecule has 1 aromatic carbocycles. The number of hydrogen-bond donors (Lipinski definition) is 1. The molecule has 20 heavy (non-hydrogen) atoms. The summed E-state index contributed by atoms with van der Waals surface area (Å²) in [6.07, 6.45) is 8.36. The predicted molar refractivity (Wildman–Crippen MR) is 86.3 cm³/mol. The van der Waals surface area contributed by atoms with E-state index in [1.807, 2.05) is 0 Å². The molecule has 1 aliphatic carbocycles. The minimum absolute atomic E-state index is 0.659. The van der Waals surface area contributed by atoms with Crippen LogP contribution in [0.5, 0.6) is 0 Å². The zero-order chi connectivity index (χ0) is 13.9. The summed E-state index contributed by atoms with van der Waals surface area (Å²) in [6.45, 7) is 4.57. The summed E-state index contributed by atoms with van der Waals surface area (Å²) < 4.78 is 0. The number of benzene rings is 1. The summed E-state index contributed by atoms with van der Waals surface area (Å²) in [7, 11) is 2.19. The Bertz CT molecular complexity index is 449. The predicted octanol–water partition coefficient (Wildman–Crippen LogP) is 3.74. The second-order valence-corrected chi connectivity index (χ2v) is 6.70.